The largest absolute Gasteiger partial charge is 0.354 e. The van der Waals surface area contributed by atoms with Crippen LogP contribution in [0, 0.1) is 0 Å². The van der Waals surface area contributed by atoms with Gasteiger partial charge in [0.25, 0.3) is 0 Å². The Morgan fingerprint density at radius 3 is 2.23 bits per heavy atom. The van der Waals surface area contributed by atoms with Crippen LogP contribution in [0.5, 0.6) is 0 Å². The lowest BCUT2D eigenvalue weighted by atomic mass is 10.4. The molecule has 0 saturated carbocycles. The fraction of sp³-hybridized carbons (Fsp3) is 0.333. The summed E-state index contributed by atoms with van der Waals surface area (Å²) in [5.74, 6) is -1.19. The Kier molecular flexibility index (Phi) is 9.03. The SMILES string of the molecule is Cl.NCC(=O)NCC(=O)NCCS(=O)(=O)c1ccc(Cl)cc1. The second-order valence-corrected chi connectivity index (χ2v) is 6.65. The Morgan fingerprint density at radius 2 is 1.68 bits per heavy atom. The molecule has 10 heteroatoms. The van der Waals surface area contributed by atoms with Crippen molar-refractivity contribution >= 4 is 45.7 Å². The zero-order valence-electron chi connectivity index (χ0n) is 11.5. The van der Waals surface area contributed by atoms with Crippen molar-refractivity contribution in [1.82, 2.24) is 10.6 Å². The van der Waals surface area contributed by atoms with Crippen molar-refractivity contribution in [3.05, 3.63) is 29.3 Å². The van der Waals surface area contributed by atoms with Crippen LogP contribution in [-0.2, 0) is 19.4 Å². The minimum Gasteiger partial charge on any atom is -0.354 e. The number of benzene rings is 1. The molecule has 1 rings (SSSR count). The maximum Gasteiger partial charge on any atom is 0.239 e. The first-order valence-corrected chi connectivity index (χ1v) is 8.10. The second kappa shape index (κ2) is 9.62. The summed E-state index contributed by atoms with van der Waals surface area (Å²) in [6.45, 7) is -0.502. The maximum absolute atomic E-state index is 12.0. The maximum atomic E-state index is 12.0. The molecule has 7 nitrogen and oxygen atoms in total. The van der Waals surface area contributed by atoms with Crippen LogP contribution >= 0.6 is 24.0 Å². The molecule has 0 saturated heterocycles. The Balaban J connectivity index is 0.00000441. The Bertz CT molecular complexity index is 605. The third-order valence-corrected chi connectivity index (χ3v) is 4.48. The molecule has 4 N–H and O–H groups in total. The van der Waals surface area contributed by atoms with Gasteiger partial charge in [0.15, 0.2) is 9.84 Å². The first kappa shape index (κ1) is 20.6. The molecule has 0 atom stereocenters. The molecule has 0 aliphatic carbocycles. The van der Waals surface area contributed by atoms with Crippen molar-refractivity contribution in [3.63, 3.8) is 0 Å². The Morgan fingerprint density at radius 1 is 1.09 bits per heavy atom. The highest BCUT2D eigenvalue weighted by Crippen LogP contribution is 2.14. The molecule has 0 spiro atoms. The summed E-state index contributed by atoms with van der Waals surface area (Å²) < 4.78 is 23.9. The molecule has 0 fully saturated rings. The topological polar surface area (TPSA) is 118 Å². The van der Waals surface area contributed by atoms with Crippen molar-refractivity contribution in [2.45, 2.75) is 4.90 Å². The first-order valence-electron chi connectivity index (χ1n) is 6.07. The van der Waals surface area contributed by atoms with Crippen molar-refractivity contribution < 1.29 is 18.0 Å². The standard InChI is InChI=1S/C12H16ClN3O4S.ClH/c13-9-1-3-10(4-2-9)21(19,20)6-5-15-12(18)8-16-11(17)7-14;/h1-4H,5-8,14H2,(H,15,18)(H,16,17);1H. The van der Waals surface area contributed by atoms with Crippen molar-refractivity contribution in [1.29, 1.82) is 0 Å². The van der Waals surface area contributed by atoms with E-state index in [2.05, 4.69) is 10.6 Å². The molecule has 0 radical (unpaired) electrons. The highest BCUT2D eigenvalue weighted by atomic mass is 35.5. The summed E-state index contributed by atoms with van der Waals surface area (Å²) in [6.07, 6.45) is 0. The zero-order chi connectivity index (χ0) is 15.9. The van der Waals surface area contributed by atoms with E-state index in [-0.39, 0.29) is 42.7 Å². The summed E-state index contributed by atoms with van der Waals surface area (Å²) in [5, 5.41) is 5.12. The molecule has 0 aromatic heterocycles. The van der Waals surface area contributed by atoms with E-state index in [1.807, 2.05) is 0 Å². The molecule has 0 unspecified atom stereocenters. The quantitative estimate of drug-likeness (QED) is 0.611. The first-order chi connectivity index (χ1) is 9.85. The predicted molar refractivity (Wildman–Crippen MR) is 85.8 cm³/mol. The summed E-state index contributed by atoms with van der Waals surface area (Å²) in [4.78, 5) is 22.3. The molecular formula is C12H17Cl2N3O4S. The van der Waals surface area contributed by atoms with E-state index in [9.17, 15) is 18.0 Å². The average Bonchev–Trinajstić information content (AvgIpc) is 2.45. The molecule has 0 aliphatic rings. The highest BCUT2D eigenvalue weighted by Gasteiger charge is 2.14. The number of halogens is 2. The van der Waals surface area contributed by atoms with Gasteiger partial charge in [-0.25, -0.2) is 8.42 Å². The van der Waals surface area contributed by atoms with Gasteiger partial charge in [-0.05, 0) is 24.3 Å². The summed E-state index contributed by atoms with van der Waals surface area (Å²) in [5.41, 5.74) is 5.06. The van der Waals surface area contributed by atoms with Crippen LogP contribution in [0.1, 0.15) is 0 Å². The van der Waals surface area contributed by atoms with Crippen LogP contribution in [0.2, 0.25) is 5.02 Å². The van der Waals surface area contributed by atoms with Crippen LogP contribution in [0.4, 0.5) is 0 Å². The number of hydrogen-bond acceptors (Lipinski definition) is 5. The van der Waals surface area contributed by atoms with Crippen LogP contribution in [-0.4, -0.2) is 45.6 Å². The summed E-state index contributed by atoms with van der Waals surface area (Å²) >= 11 is 5.68. The van der Waals surface area contributed by atoms with Crippen molar-refractivity contribution in [2.75, 3.05) is 25.4 Å². The number of nitrogens with two attached hydrogens (primary N) is 1. The van der Waals surface area contributed by atoms with E-state index in [1.54, 1.807) is 0 Å². The molecule has 0 bridgehead atoms. The van der Waals surface area contributed by atoms with Crippen LogP contribution in [0.3, 0.4) is 0 Å². The smallest absolute Gasteiger partial charge is 0.239 e. The van der Waals surface area contributed by atoms with Crippen molar-refractivity contribution in [3.8, 4) is 0 Å². The molecular weight excluding hydrogens is 353 g/mol. The van der Waals surface area contributed by atoms with Gasteiger partial charge in [0.1, 0.15) is 0 Å². The van der Waals surface area contributed by atoms with Gasteiger partial charge in [-0.2, -0.15) is 0 Å². The van der Waals surface area contributed by atoms with Crippen LogP contribution in [0.15, 0.2) is 29.2 Å². The minimum atomic E-state index is -3.49. The molecule has 124 valence electrons. The molecule has 2 amide bonds. The van der Waals surface area contributed by atoms with Gasteiger partial charge >= 0.3 is 0 Å². The average molecular weight is 370 g/mol. The van der Waals surface area contributed by atoms with E-state index in [0.717, 1.165) is 0 Å². The third kappa shape index (κ3) is 7.08. The Labute approximate surface area is 139 Å². The van der Waals surface area contributed by atoms with Crippen LogP contribution in [0.25, 0.3) is 0 Å². The monoisotopic (exact) mass is 369 g/mol. The summed E-state index contributed by atoms with van der Waals surface area (Å²) in [6, 6.07) is 5.77. The second-order valence-electron chi connectivity index (χ2n) is 4.10. The number of rotatable bonds is 7. The zero-order valence-corrected chi connectivity index (χ0v) is 13.9. The van der Waals surface area contributed by atoms with E-state index in [4.69, 9.17) is 17.3 Å². The Hall–Kier alpha value is -1.35. The van der Waals surface area contributed by atoms with E-state index >= 15 is 0 Å². The molecule has 1 aromatic rings. The van der Waals surface area contributed by atoms with Gasteiger partial charge in [-0.3, -0.25) is 9.59 Å². The number of nitrogens with one attached hydrogen (secondary N) is 2. The fourth-order valence-electron chi connectivity index (χ4n) is 1.40. The van der Waals surface area contributed by atoms with Gasteiger partial charge in [-0.15, -0.1) is 12.4 Å². The minimum absolute atomic E-state index is 0. The van der Waals surface area contributed by atoms with E-state index < -0.39 is 21.7 Å². The highest BCUT2D eigenvalue weighted by molar-refractivity contribution is 7.91. The molecule has 0 heterocycles. The number of hydrogen-bond donors (Lipinski definition) is 3. The van der Waals surface area contributed by atoms with Gasteiger partial charge in [-0.1, -0.05) is 11.6 Å². The van der Waals surface area contributed by atoms with Gasteiger partial charge in [0.05, 0.1) is 23.7 Å². The van der Waals surface area contributed by atoms with E-state index in [0.29, 0.717) is 5.02 Å². The van der Waals surface area contributed by atoms with Crippen molar-refractivity contribution in [2.24, 2.45) is 5.73 Å². The number of carbonyl (C=O) groups is 2. The number of amides is 2. The van der Waals surface area contributed by atoms with Gasteiger partial charge in [0, 0.05) is 11.6 Å². The summed E-state index contributed by atoms with van der Waals surface area (Å²) in [7, 11) is -3.49. The van der Waals surface area contributed by atoms with Gasteiger partial charge < -0.3 is 16.4 Å². The molecule has 0 aliphatic heterocycles. The third-order valence-electron chi connectivity index (χ3n) is 2.50. The lowest BCUT2D eigenvalue weighted by Gasteiger charge is -2.07. The number of sulfone groups is 1. The normalized spacial score (nSPS) is 10.5. The lowest BCUT2D eigenvalue weighted by molar-refractivity contribution is -0.125. The van der Waals surface area contributed by atoms with E-state index in [1.165, 1.54) is 24.3 Å². The predicted octanol–water partition coefficient (Wildman–Crippen LogP) is -0.273. The molecule has 1 aromatic carbocycles. The fourth-order valence-corrected chi connectivity index (χ4v) is 2.68. The molecule has 22 heavy (non-hydrogen) atoms. The lowest BCUT2D eigenvalue weighted by Crippen LogP contribution is -2.40. The number of carbonyl (C=O) groups excluding carboxylic acids is 2. The van der Waals surface area contributed by atoms with Crippen LogP contribution < -0.4 is 16.4 Å². The van der Waals surface area contributed by atoms with Gasteiger partial charge in [0.2, 0.25) is 11.8 Å².